The Labute approximate surface area is 166 Å². The number of hydrogen-bond acceptors (Lipinski definition) is 3. The molecule has 1 N–H and O–H groups in total. The third kappa shape index (κ3) is 3.77. The van der Waals surface area contributed by atoms with Crippen molar-refractivity contribution in [2.24, 2.45) is 0 Å². The fraction of sp³-hybridized carbons (Fsp3) is 0.273. The summed E-state index contributed by atoms with van der Waals surface area (Å²) >= 11 is 0. The van der Waals surface area contributed by atoms with Gasteiger partial charge in [-0.15, -0.1) is 0 Å². The molecule has 0 saturated heterocycles. The first-order valence-electron chi connectivity index (χ1n) is 9.40. The quantitative estimate of drug-likeness (QED) is 0.617. The number of H-pyrrole nitrogens is 1. The molecule has 0 saturated carbocycles. The van der Waals surface area contributed by atoms with Crippen molar-refractivity contribution in [3.63, 3.8) is 0 Å². The molecule has 0 spiro atoms. The summed E-state index contributed by atoms with van der Waals surface area (Å²) < 4.78 is 38.4. The lowest BCUT2D eigenvalue weighted by Gasteiger charge is -2.20. The van der Waals surface area contributed by atoms with Crippen molar-refractivity contribution in [2.75, 3.05) is 11.4 Å². The zero-order chi connectivity index (χ0) is 20.6. The molecule has 150 valence electrons. The SMILES string of the molecule is CC(C=O)c1ccc2c(c1)CCN2Cc1cn[nH]c1-c1ccc(C(F)(F)F)cc1. The highest BCUT2D eigenvalue weighted by Crippen LogP contribution is 2.34. The molecule has 1 aliphatic rings. The van der Waals surface area contributed by atoms with E-state index in [4.69, 9.17) is 0 Å². The third-order valence-corrected chi connectivity index (χ3v) is 5.41. The van der Waals surface area contributed by atoms with Crippen molar-refractivity contribution in [3.05, 3.63) is 70.9 Å². The first-order valence-corrected chi connectivity index (χ1v) is 9.40. The molecule has 1 aromatic heterocycles. The van der Waals surface area contributed by atoms with E-state index < -0.39 is 11.7 Å². The summed E-state index contributed by atoms with van der Waals surface area (Å²) in [5.41, 5.74) is 4.97. The smallest absolute Gasteiger partial charge is 0.367 e. The molecule has 0 amide bonds. The second-order valence-corrected chi connectivity index (χ2v) is 7.33. The zero-order valence-electron chi connectivity index (χ0n) is 15.8. The monoisotopic (exact) mass is 399 g/mol. The number of anilines is 1. The molecule has 2 heterocycles. The van der Waals surface area contributed by atoms with Crippen molar-refractivity contribution < 1.29 is 18.0 Å². The highest BCUT2D eigenvalue weighted by atomic mass is 19.4. The molecular formula is C22H20F3N3O. The summed E-state index contributed by atoms with van der Waals surface area (Å²) in [4.78, 5) is 13.3. The summed E-state index contributed by atoms with van der Waals surface area (Å²) in [6, 6.07) is 11.2. The lowest BCUT2D eigenvalue weighted by molar-refractivity contribution is -0.137. The molecule has 1 aliphatic heterocycles. The first-order chi connectivity index (χ1) is 13.9. The Balaban J connectivity index is 1.56. The average molecular weight is 399 g/mol. The largest absolute Gasteiger partial charge is 0.416 e. The van der Waals surface area contributed by atoms with Gasteiger partial charge in [-0.1, -0.05) is 31.2 Å². The van der Waals surface area contributed by atoms with E-state index in [0.717, 1.165) is 53.9 Å². The molecule has 0 bridgehead atoms. The van der Waals surface area contributed by atoms with Crippen LogP contribution in [0.2, 0.25) is 0 Å². The van der Waals surface area contributed by atoms with Crippen LogP contribution in [-0.4, -0.2) is 23.0 Å². The van der Waals surface area contributed by atoms with Gasteiger partial charge in [0.25, 0.3) is 0 Å². The fourth-order valence-corrected chi connectivity index (χ4v) is 3.73. The van der Waals surface area contributed by atoms with E-state index in [0.29, 0.717) is 12.1 Å². The Bertz CT molecular complexity index is 1020. The van der Waals surface area contributed by atoms with Gasteiger partial charge in [0, 0.05) is 30.3 Å². The number of fused-ring (bicyclic) bond motifs is 1. The Hall–Kier alpha value is -3.09. The topological polar surface area (TPSA) is 49.0 Å². The van der Waals surface area contributed by atoms with Crippen LogP contribution < -0.4 is 4.90 Å². The van der Waals surface area contributed by atoms with Gasteiger partial charge >= 0.3 is 6.18 Å². The van der Waals surface area contributed by atoms with Gasteiger partial charge in [0.1, 0.15) is 6.29 Å². The minimum absolute atomic E-state index is 0.130. The number of halogens is 3. The molecule has 4 rings (SSSR count). The Kier molecular flexibility index (Phi) is 4.90. The van der Waals surface area contributed by atoms with Gasteiger partial charge in [-0.05, 0) is 41.3 Å². The highest BCUT2D eigenvalue weighted by Gasteiger charge is 2.30. The van der Waals surface area contributed by atoms with Crippen LogP contribution in [0.3, 0.4) is 0 Å². The normalized spacial score (nSPS) is 14.7. The molecule has 4 nitrogen and oxygen atoms in total. The Morgan fingerprint density at radius 1 is 1.21 bits per heavy atom. The molecule has 7 heteroatoms. The number of aromatic nitrogens is 2. The van der Waals surface area contributed by atoms with Crippen LogP contribution in [0.4, 0.5) is 18.9 Å². The van der Waals surface area contributed by atoms with Crippen LogP contribution in [0.1, 0.15) is 35.1 Å². The minimum Gasteiger partial charge on any atom is -0.367 e. The third-order valence-electron chi connectivity index (χ3n) is 5.41. The lowest BCUT2D eigenvalue weighted by atomic mass is 9.99. The number of benzene rings is 2. The van der Waals surface area contributed by atoms with E-state index in [2.05, 4.69) is 21.2 Å². The van der Waals surface area contributed by atoms with Crippen LogP contribution in [0.5, 0.6) is 0 Å². The maximum Gasteiger partial charge on any atom is 0.416 e. The van der Waals surface area contributed by atoms with Crippen LogP contribution in [0.25, 0.3) is 11.3 Å². The van der Waals surface area contributed by atoms with Crippen LogP contribution in [-0.2, 0) is 23.9 Å². The van der Waals surface area contributed by atoms with E-state index in [9.17, 15) is 18.0 Å². The molecular weight excluding hydrogens is 379 g/mol. The minimum atomic E-state index is -4.35. The van der Waals surface area contributed by atoms with Crippen LogP contribution in [0, 0.1) is 0 Å². The zero-order valence-corrected chi connectivity index (χ0v) is 15.8. The molecule has 1 unspecified atom stereocenters. The van der Waals surface area contributed by atoms with Gasteiger partial charge in [-0.3, -0.25) is 5.10 Å². The Morgan fingerprint density at radius 3 is 2.66 bits per heavy atom. The number of nitrogens with zero attached hydrogens (tertiary/aromatic N) is 2. The van der Waals surface area contributed by atoms with Crippen molar-refractivity contribution in [1.82, 2.24) is 10.2 Å². The van der Waals surface area contributed by atoms with E-state index in [1.54, 1.807) is 6.20 Å². The summed E-state index contributed by atoms with van der Waals surface area (Å²) in [6.45, 7) is 3.32. The van der Waals surface area contributed by atoms with Crippen LogP contribution >= 0.6 is 0 Å². The van der Waals surface area contributed by atoms with E-state index in [-0.39, 0.29) is 5.92 Å². The predicted octanol–water partition coefficient (Wildman–Crippen LogP) is 4.96. The fourth-order valence-electron chi connectivity index (χ4n) is 3.73. The van der Waals surface area contributed by atoms with Gasteiger partial charge in [0.2, 0.25) is 0 Å². The standard InChI is InChI=1S/C22H20F3N3O/c1-14(13-29)16-4-7-20-17(10-16)8-9-28(20)12-18-11-26-27-21(18)15-2-5-19(6-3-15)22(23,24)25/h2-7,10-11,13-14H,8-9,12H2,1H3,(H,26,27). The molecule has 0 fully saturated rings. The molecule has 3 aromatic rings. The number of aldehydes is 1. The van der Waals surface area contributed by atoms with E-state index >= 15 is 0 Å². The summed E-state index contributed by atoms with van der Waals surface area (Å²) in [6.07, 6.45) is -0.804. The van der Waals surface area contributed by atoms with E-state index in [1.165, 1.54) is 17.7 Å². The van der Waals surface area contributed by atoms with E-state index in [1.807, 2.05) is 19.1 Å². The number of carbonyl (C=O) groups excluding carboxylic acids is 1. The average Bonchev–Trinajstić information content (AvgIpc) is 3.34. The second kappa shape index (κ2) is 7.39. The van der Waals surface area contributed by atoms with Crippen molar-refractivity contribution in [3.8, 4) is 11.3 Å². The van der Waals surface area contributed by atoms with Crippen molar-refractivity contribution in [1.29, 1.82) is 0 Å². The van der Waals surface area contributed by atoms with Gasteiger partial charge in [-0.2, -0.15) is 18.3 Å². The Morgan fingerprint density at radius 2 is 1.97 bits per heavy atom. The predicted molar refractivity (Wildman–Crippen MR) is 105 cm³/mol. The number of hydrogen-bond donors (Lipinski definition) is 1. The van der Waals surface area contributed by atoms with Crippen LogP contribution in [0.15, 0.2) is 48.7 Å². The number of rotatable bonds is 5. The summed E-state index contributed by atoms with van der Waals surface area (Å²) in [5, 5.41) is 7.02. The van der Waals surface area contributed by atoms with Crippen molar-refractivity contribution >= 4 is 12.0 Å². The molecule has 2 aromatic carbocycles. The molecule has 1 atom stereocenters. The molecule has 0 aliphatic carbocycles. The number of nitrogens with one attached hydrogen (secondary N) is 1. The maximum atomic E-state index is 12.8. The number of aromatic amines is 1. The van der Waals surface area contributed by atoms with Gasteiger partial charge < -0.3 is 9.69 Å². The second-order valence-electron chi connectivity index (χ2n) is 7.33. The van der Waals surface area contributed by atoms with Gasteiger partial charge in [-0.25, -0.2) is 0 Å². The maximum absolute atomic E-state index is 12.8. The lowest BCUT2D eigenvalue weighted by Crippen LogP contribution is -2.19. The summed E-state index contributed by atoms with van der Waals surface area (Å²) in [5.74, 6) is -0.130. The number of carbonyl (C=O) groups is 1. The van der Waals surface area contributed by atoms with Crippen molar-refractivity contribution in [2.45, 2.75) is 32.0 Å². The number of alkyl halides is 3. The molecule has 0 radical (unpaired) electrons. The van der Waals surface area contributed by atoms with Gasteiger partial charge in [0.15, 0.2) is 0 Å². The van der Waals surface area contributed by atoms with Gasteiger partial charge in [0.05, 0.1) is 17.5 Å². The molecule has 29 heavy (non-hydrogen) atoms. The summed E-state index contributed by atoms with van der Waals surface area (Å²) in [7, 11) is 0. The first kappa shape index (κ1) is 19.2. The highest BCUT2D eigenvalue weighted by molar-refractivity contribution is 5.67.